The van der Waals surface area contributed by atoms with E-state index in [0.29, 0.717) is 15.7 Å². The second-order valence-electron chi connectivity index (χ2n) is 5.39. The number of halogens is 2. The third-order valence-electron chi connectivity index (χ3n) is 3.77. The first-order chi connectivity index (χ1) is 11.4. The number of carboxylic acids is 1. The monoisotopic (exact) mass is 369 g/mol. The van der Waals surface area contributed by atoms with Crippen molar-refractivity contribution in [2.75, 3.05) is 13.2 Å². The molecule has 9 heteroatoms. The number of aliphatic carboxylic acids is 1. The van der Waals surface area contributed by atoms with Crippen LogP contribution in [0.25, 0.3) is 5.69 Å². The fraction of sp³-hybridized carbons (Fsp3) is 0.267. The lowest BCUT2D eigenvalue weighted by Crippen LogP contribution is -2.55. The standard InChI is InChI=1S/C15H13Cl2N3O4/c16-10-2-1-9(7-11(10)17)20-5-3-12(19-20)13(21)18-15(14(22)23)4-6-24-8-15/h1-3,5,7H,4,6,8H2,(H,18,21)(H,22,23). The Morgan fingerprint density at radius 2 is 2.08 bits per heavy atom. The molecular formula is C15H13Cl2N3O4. The van der Waals surface area contributed by atoms with Gasteiger partial charge < -0.3 is 15.2 Å². The van der Waals surface area contributed by atoms with Gasteiger partial charge in [-0.25, -0.2) is 9.48 Å². The van der Waals surface area contributed by atoms with E-state index in [1.807, 2.05) is 0 Å². The van der Waals surface area contributed by atoms with E-state index in [9.17, 15) is 14.7 Å². The van der Waals surface area contributed by atoms with Crippen LogP contribution in [0.5, 0.6) is 0 Å². The third kappa shape index (κ3) is 3.10. The molecule has 0 bridgehead atoms. The molecule has 7 nitrogen and oxygen atoms in total. The summed E-state index contributed by atoms with van der Waals surface area (Å²) in [6.07, 6.45) is 1.79. The largest absolute Gasteiger partial charge is 0.479 e. The summed E-state index contributed by atoms with van der Waals surface area (Å²) in [6, 6.07) is 6.42. The number of ether oxygens (including phenoxy) is 1. The maximum atomic E-state index is 12.3. The molecule has 1 aliphatic rings. The van der Waals surface area contributed by atoms with E-state index in [1.54, 1.807) is 24.4 Å². The van der Waals surface area contributed by atoms with E-state index < -0.39 is 17.4 Å². The summed E-state index contributed by atoms with van der Waals surface area (Å²) >= 11 is 11.8. The molecule has 1 aromatic heterocycles. The summed E-state index contributed by atoms with van der Waals surface area (Å²) < 4.78 is 6.56. The summed E-state index contributed by atoms with van der Waals surface area (Å²) in [5.74, 6) is -1.71. The minimum atomic E-state index is -1.41. The van der Waals surface area contributed by atoms with Crippen LogP contribution < -0.4 is 5.32 Å². The minimum absolute atomic E-state index is 0.0679. The zero-order valence-electron chi connectivity index (χ0n) is 12.3. The van der Waals surface area contributed by atoms with Gasteiger partial charge >= 0.3 is 5.97 Å². The first-order valence-corrected chi connectivity index (χ1v) is 7.82. The van der Waals surface area contributed by atoms with Gasteiger partial charge in [-0.15, -0.1) is 0 Å². The Morgan fingerprint density at radius 1 is 1.29 bits per heavy atom. The van der Waals surface area contributed by atoms with Crippen molar-refractivity contribution in [3.8, 4) is 5.69 Å². The van der Waals surface area contributed by atoms with Gasteiger partial charge in [0.05, 0.1) is 22.3 Å². The molecule has 2 N–H and O–H groups in total. The van der Waals surface area contributed by atoms with Gasteiger partial charge in [-0.05, 0) is 24.3 Å². The van der Waals surface area contributed by atoms with E-state index in [0.717, 1.165) is 0 Å². The molecule has 1 unspecified atom stereocenters. The molecule has 1 atom stereocenters. The summed E-state index contributed by atoms with van der Waals surface area (Å²) in [5.41, 5.74) is -0.695. The second-order valence-corrected chi connectivity index (χ2v) is 6.20. The maximum Gasteiger partial charge on any atom is 0.331 e. The van der Waals surface area contributed by atoms with Gasteiger partial charge in [0.1, 0.15) is 0 Å². The predicted octanol–water partition coefficient (Wildman–Crippen LogP) is 2.15. The molecule has 1 saturated heterocycles. The predicted molar refractivity (Wildman–Crippen MR) is 86.9 cm³/mol. The van der Waals surface area contributed by atoms with Crippen LogP contribution in [0.2, 0.25) is 10.0 Å². The van der Waals surface area contributed by atoms with Crippen LogP contribution in [0.15, 0.2) is 30.5 Å². The number of hydrogen-bond donors (Lipinski definition) is 2. The van der Waals surface area contributed by atoms with Crippen LogP contribution >= 0.6 is 23.2 Å². The maximum absolute atomic E-state index is 12.3. The molecule has 1 aliphatic heterocycles. The van der Waals surface area contributed by atoms with E-state index >= 15 is 0 Å². The lowest BCUT2D eigenvalue weighted by Gasteiger charge is -2.22. The molecule has 0 saturated carbocycles. The molecule has 1 aromatic carbocycles. The Bertz CT molecular complexity index is 800. The van der Waals surface area contributed by atoms with Gasteiger partial charge in [0, 0.05) is 19.2 Å². The smallest absolute Gasteiger partial charge is 0.331 e. The lowest BCUT2D eigenvalue weighted by molar-refractivity contribution is -0.144. The zero-order valence-corrected chi connectivity index (χ0v) is 13.8. The third-order valence-corrected chi connectivity index (χ3v) is 4.51. The SMILES string of the molecule is O=C(NC1(C(=O)O)CCOC1)c1ccn(-c2ccc(Cl)c(Cl)c2)n1. The first kappa shape index (κ1) is 16.8. The molecule has 126 valence electrons. The van der Waals surface area contributed by atoms with Gasteiger partial charge in [-0.3, -0.25) is 4.79 Å². The van der Waals surface area contributed by atoms with Gasteiger partial charge in [0.15, 0.2) is 11.2 Å². The van der Waals surface area contributed by atoms with Gasteiger partial charge in [-0.2, -0.15) is 5.10 Å². The van der Waals surface area contributed by atoms with Crippen molar-refractivity contribution in [2.24, 2.45) is 0 Å². The number of aromatic nitrogens is 2. The molecule has 0 spiro atoms. The topological polar surface area (TPSA) is 93.5 Å². The van der Waals surface area contributed by atoms with Crippen LogP contribution in [-0.2, 0) is 9.53 Å². The summed E-state index contributed by atoms with van der Waals surface area (Å²) in [6.45, 7) is 0.214. The molecule has 0 radical (unpaired) electrons. The fourth-order valence-corrected chi connectivity index (χ4v) is 2.68. The van der Waals surface area contributed by atoms with Crippen LogP contribution in [0.1, 0.15) is 16.9 Å². The first-order valence-electron chi connectivity index (χ1n) is 7.06. The number of carbonyl (C=O) groups is 2. The number of hydrogen-bond acceptors (Lipinski definition) is 4. The van der Waals surface area contributed by atoms with E-state index in [2.05, 4.69) is 10.4 Å². The average Bonchev–Trinajstić information content (AvgIpc) is 3.20. The molecule has 0 aliphatic carbocycles. The van der Waals surface area contributed by atoms with Crippen molar-refractivity contribution in [1.82, 2.24) is 15.1 Å². The highest BCUT2D eigenvalue weighted by Gasteiger charge is 2.44. The van der Waals surface area contributed by atoms with Gasteiger partial charge in [-0.1, -0.05) is 23.2 Å². The quantitative estimate of drug-likeness (QED) is 0.860. The molecule has 1 amide bonds. The lowest BCUT2D eigenvalue weighted by atomic mass is 9.99. The van der Waals surface area contributed by atoms with Gasteiger partial charge in [0.25, 0.3) is 5.91 Å². The number of nitrogens with one attached hydrogen (secondary N) is 1. The number of rotatable bonds is 4. The Morgan fingerprint density at radius 3 is 2.71 bits per heavy atom. The van der Waals surface area contributed by atoms with Crippen LogP contribution in [0, 0.1) is 0 Å². The molecule has 2 aromatic rings. The van der Waals surface area contributed by atoms with Crippen molar-refractivity contribution in [2.45, 2.75) is 12.0 Å². The Balaban J connectivity index is 1.81. The Hall–Kier alpha value is -2.09. The highest BCUT2D eigenvalue weighted by atomic mass is 35.5. The van der Waals surface area contributed by atoms with E-state index in [-0.39, 0.29) is 25.3 Å². The zero-order chi connectivity index (χ0) is 17.3. The highest BCUT2D eigenvalue weighted by molar-refractivity contribution is 6.42. The highest BCUT2D eigenvalue weighted by Crippen LogP contribution is 2.24. The van der Waals surface area contributed by atoms with Crippen LogP contribution in [0.3, 0.4) is 0 Å². The van der Waals surface area contributed by atoms with Gasteiger partial charge in [0.2, 0.25) is 0 Å². The molecule has 24 heavy (non-hydrogen) atoms. The molecule has 1 fully saturated rings. The number of carbonyl (C=O) groups excluding carboxylic acids is 1. The van der Waals surface area contributed by atoms with Crippen LogP contribution in [0.4, 0.5) is 0 Å². The molecular weight excluding hydrogens is 357 g/mol. The van der Waals surface area contributed by atoms with Crippen molar-refractivity contribution < 1.29 is 19.4 Å². The Kier molecular flexibility index (Phi) is 4.49. The second kappa shape index (κ2) is 6.43. The normalized spacial score (nSPS) is 20.1. The fourth-order valence-electron chi connectivity index (χ4n) is 2.38. The Labute approximate surface area is 147 Å². The molecule has 3 rings (SSSR count). The minimum Gasteiger partial charge on any atom is -0.479 e. The van der Waals surface area contributed by atoms with Crippen molar-refractivity contribution in [3.05, 3.63) is 46.2 Å². The number of carboxylic acid groups (broad SMARTS) is 1. The van der Waals surface area contributed by atoms with Crippen molar-refractivity contribution in [1.29, 1.82) is 0 Å². The van der Waals surface area contributed by atoms with E-state index in [4.69, 9.17) is 27.9 Å². The van der Waals surface area contributed by atoms with E-state index in [1.165, 1.54) is 10.7 Å². The van der Waals surface area contributed by atoms with Crippen LogP contribution in [-0.4, -0.2) is 45.5 Å². The van der Waals surface area contributed by atoms with Crippen molar-refractivity contribution >= 4 is 35.1 Å². The number of amides is 1. The molecule has 2 heterocycles. The average molecular weight is 370 g/mol. The number of nitrogens with zero attached hydrogens (tertiary/aromatic N) is 2. The summed E-state index contributed by atoms with van der Waals surface area (Å²) in [4.78, 5) is 23.8. The number of benzene rings is 1. The summed E-state index contributed by atoms with van der Waals surface area (Å²) in [5, 5.41) is 16.8. The summed E-state index contributed by atoms with van der Waals surface area (Å²) in [7, 11) is 0. The van der Waals surface area contributed by atoms with Crippen molar-refractivity contribution in [3.63, 3.8) is 0 Å².